The van der Waals surface area contributed by atoms with Gasteiger partial charge in [-0.25, -0.2) is 22.0 Å². The predicted octanol–water partition coefficient (Wildman–Crippen LogP) is 7.78. The Labute approximate surface area is 193 Å². The largest absolute Gasteiger partial charge is 0.493 e. The SMILES string of the molecule is CCCCOc1cc(F)c(-c2ccc(C#Cc3ccc4c(F)c(F)ccc4c3)c(F)c2)c(F)c1. The molecule has 0 saturated heterocycles. The smallest absolute Gasteiger partial charge is 0.166 e. The van der Waals surface area contributed by atoms with E-state index in [0.717, 1.165) is 37.1 Å². The first-order valence-electron chi connectivity index (χ1n) is 10.7. The zero-order valence-corrected chi connectivity index (χ0v) is 18.2. The fourth-order valence-electron chi connectivity index (χ4n) is 3.50. The second-order valence-electron chi connectivity index (χ2n) is 7.71. The number of rotatable bonds is 5. The van der Waals surface area contributed by atoms with Crippen molar-refractivity contribution in [2.45, 2.75) is 19.8 Å². The van der Waals surface area contributed by atoms with Crippen LogP contribution in [0.3, 0.4) is 0 Å². The van der Waals surface area contributed by atoms with Gasteiger partial charge < -0.3 is 4.74 Å². The summed E-state index contributed by atoms with van der Waals surface area (Å²) in [5.74, 6) is 1.16. The summed E-state index contributed by atoms with van der Waals surface area (Å²) in [6.45, 7) is 2.32. The van der Waals surface area contributed by atoms with Crippen LogP contribution < -0.4 is 4.74 Å². The second kappa shape index (κ2) is 9.96. The molecule has 0 bridgehead atoms. The molecule has 0 heterocycles. The molecule has 0 saturated carbocycles. The van der Waals surface area contributed by atoms with Gasteiger partial charge in [-0.3, -0.25) is 0 Å². The summed E-state index contributed by atoms with van der Waals surface area (Å²) in [5.41, 5.74) is 0.165. The molecule has 172 valence electrons. The van der Waals surface area contributed by atoms with Crippen molar-refractivity contribution in [1.82, 2.24) is 0 Å². The van der Waals surface area contributed by atoms with Crippen LogP contribution >= 0.6 is 0 Å². The Morgan fingerprint density at radius 1 is 0.735 bits per heavy atom. The van der Waals surface area contributed by atoms with E-state index in [2.05, 4.69) is 11.8 Å². The normalized spacial score (nSPS) is 10.8. The van der Waals surface area contributed by atoms with Crippen molar-refractivity contribution in [3.05, 3.63) is 101 Å². The van der Waals surface area contributed by atoms with E-state index < -0.39 is 29.1 Å². The maximum Gasteiger partial charge on any atom is 0.166 e. The van der Waals surface area contributed by atoms with Crippen LogP contribution in [-0.2, 0) is 0 Å². The van der Waals surface area contributed by atoms with Crippen molar-refractivity contribution in [2.24, 2.45) is 0 Å². The molecule has 0 amide bonds. The second-order valence-corrected chi connectivity index (χ2v) is 7.71. The number of hydrogen-bond acceptors (Lipinski definition) is 1. The quantitative estimate of drug-likeness (QED) is 0.166. The first kappa shape index (κ1) is 23.3. The van der Waals surface area contributed by atoms with Gasteiger partial charge in [0.15, 0.2) is 11.6 Å². The van der Waals surface area contributed by atoms with Gasteiger partial charge in [0.05, 0.1) is 17.7 Å². The molecule has 1 nitrogen and oxygen atoms in total. The van der Waals surface area contributed by atoms with Crippen molar-refractivity contribution in [3.63, 3.8) is 0 Å². The number of ether oxygens (including phenoxy) is 1. The molecular formula is C28H19F5O. The molecule has 4 aromatic rings. The van der Waals surface area contributed by atoms with Gasteiger partial charge in [-0.1, -0.05) is 43.4 Å². The van der Waals surface area contributed by atoms with Gasteiger partial charge in [-0.2, -0.15) is 0 Å². The molecule has 0 fully saturated rings. The monoisotopic (exact) mass is 466 g/mol. The highest BCUT2D eigenvalue weighted by molar-refractivity contribution is 5.84. The fourth-order valence-corrected chi connectivity index (χ4v) is 3.50. The van der Waals surface area contributed by atoms with E-state index in [4.69, 9.17) is 4.74 Å². The standard InChI is InChI=1S/C28H19F5O/c1-2-3-12-34-21-15-25(31)27(26(32)16-21)20-8-7-18(24(30)14-20)6-4-17-5-10-22-19(13-17)9-11-23(29)28(22)33/h5,7-11,13-16H,2-3,12H2,1H3. The maximum absolute atomic E-state index is 14.7. The van der Waals surface area contributed by atoms with E-state index in [0.29, 0.717) is 17.6 Å². The molecule has 4 aromatic carbocycles. The van der Waals surface area contributed by atoms with Crippen LogP contribution in [0.15, 0.2) is 60.7 Å². The van der Waals surface area contributed by atoms with Crippen LogP contribution in [0.2, 0.25) is 0 Å². The molecule has 0 radical (unpaired) electrons. The van der Waals surface area contributed by atoms with Crippen LogP contribution in [0.4, 0.5) is 22.0 Å². The third-order valence-electron chi connectivity index (χ3n) is 5.29. The van der Waals surface area contributed by atoms with E-state index in [-0.39, 0.29) is 27.8 Å². The number of unbranched alkanes of at least 4 members (excludes halogenated alkanes) is 1. The summed E-state index contributed by atoms with van der Waals surface area (Å²) in [5, 5.41) is 0.571. The zero-order chi connectivity index (χ0) is 24.2. The molecule has 34 heavy (non-hydrogen) atoms. The maximum atomic E-state index is 14.7. The minimum Gasteiger partial charge on any atom is -0.493 e. The highest BCUT2D eigenvalue weighted by atomic mass is 19.2. The Hall–Kier alpha value is -3.85. The topological polar surface area (TPSA) is 9.23 Å². The molecule has 0 N–H and O–H groups in total. The van der Waals surface area contributed by atoms with Crippen LogP contribution in [0.25, 0.3) is 21.9 Å². The first-order chi connectivity index (χ1) is 16.4. The van der Waals surface area contributed by atoms with E-state index in [1.807, 2.05) is 6.92 Å². The molecule has 0 atom stereocenters. The summed E-state index contributed by atoms with van der Waals surface area (Å²) in [4.78, 5) is 0. The average Bonchev–Trinajstić information content (AvgIpc) is 2.81. The summed E-state index contributed by atoms with van der Waals surface area (Å²) >= 11 is 0. The lowest BCUT2D eigenvalue weighted by molar-refractivity contribution is 0.306. The highest BCUT2D eigenvalue weighted by Crippen LogP contribution is 2.31. The number of fused-ring (bicyclic) bond motifs is 1. The molecule has 0 aliphatic carbocycles. The minimum atomic E-state index is -0.946. The summed E-state index contributed by atoms with van der Waals surface area (Å²) < 4.78 is 76.3. The molecule has 0 aliphatic heterocycles. The first-order valence-corrected chi connectivity index (χ1v) is 10.7. The average molecular weight is 466 g/mol. The lowest BCUT2D eigenvalue weighted by atomic mass is 10.0. The summed E-state index contributed by atoms with van der Waals surface area (Å²) in [6.07, 6.45) is 1.64. The van der Waals surface area contributed by atoms with Crippen LogP contribution in [0.5, 0.6) is 5.75 Å². The Morgan fingerprint density at radius 2 is 1.50 bits per heavy atom. The van der Waals surface area contributed by atoms with Gasteiger partial charge in [0.2, 0.25) is 0 Å². The van der Waals surface area contributed by atoms with Gasteiger partial charge in [-0.15, -0.1) is 0 Å². The zero-order valence-electron chi connectivity index (χ0n) is 18.2. The molecule has 0 spiro atoms. The van der Waals surface area contributed by atoms with Crippen LogP contribution in [0, 0.1) is 40.9 Å². The van der Waals surface area contributed by atoms with Gasteiger partial charge in [0.1, 0.15) is 23.2 Å². The third-order valence-corrected chi connectivity index (χ3v) is 5.29. The Kier molecular flexibility index (Phi) is 6.83. The van der Waals surface area contributed by atoms with Crippen molar-refractivity contribution in [1.29, 1.82) is 0 Å². The van der Waals surface area contributed by atoms with E-state index in [1.54, 1.807) is 6.07 Å². The Balaban J connectivity index is 1.60. The van der Waals surface area contributed by atoms with Gasteiger partial charge >= 0.3 is 0 Å². The molecule has 0 aliphatic rings. The third kappa shape index (κ3) is 4.89. The lowest BCUT2D eigenvalue weighted by Gasteiger charge is -2.10. The van der Waals surface area contributed by atoms with Crippen LogP contribution in [0.1, 0.15) is 30.9 Å². The highest BCUT2D eigenvalue weighted by Gasteiger charge is 2.16. The number of benzene rings is 4. The molecule has 0 aromatic heterocycles. The molecule has 6 heteroatoms. The van der Waals surface area contributed by atoms with Crippen molar-refractivity contribution in [3.8, 4) is 28.7 Å². The Morgan fingerprint density at radius 3 is 2.21 bits per heavy atom. The van der Waals surface area contributed by atoms with Gasteiger partial charge in [0.25, 0.3) is 0 Å². The van der Waals surface area contributed by atoms with Crippen molar-refractivity contribution >= 4 is 10.8 Å². The predicted molar refractivity (Wildman–Crippen MR) is 122 cm³/mol. The molecule has 0 unspecified atom stereocenters. The van der Waals surface area contributed by atoms with Crippen molar-refractivity contribution < 1.29 is 26.7 Å². The van der Waals surface area contributed by atoms with E-state index in [1.165, 1.54) is 30.3 Å². The lowest BCUT2D eigenvalue weighted by Crippen LogP contribution is -1.99. The summed E-state index contributed by atoms with van der Waals surface area (Å²) in [6, 6.07) is 12.8. The van der Waals surface area contributed by atoms with E-state index in [9.17, 15) is 22.0 Å². The Bertz CT molecular complexity index is 1410. The van der Waals surface area contributed by atoms with E-state index >= 15 is 0 Å². The number of halogens is 5. The summed E-state index contributed by atoms with van der Waals surface area (Å²) in [7, 11) is 0. The van der Waals surface area contributed by atoms with Gasteiger partial charge in [-0.05, 0) is 47.7 Å². The molecular weight excluding hydrogens is 447 g/mol. The fraction of sp³-hybridized carbons (Fsp3) is 0.143. The minimum absolute atomic E-state index is 0.0227. The van der Waals surface area contributed by atoms with Crippen LogP contribution in [-0.4, -0.2) is 6.61 Å². The van der Waals surface area contributed by atoms with Crippen molar-refractivity contribution in [2.75, 3.05) is 6.61 Å². The number of hydrogen-bond donors (Lipinski definition) is 0. The molecule has 4 rings (SSSR count). The van der Waals surface area contributed by atoms with Gasteiger partial charge in [0, 0.05) is 23.1 Å².